The van der Waals surface area contributed by atoms with Gasteiger partial charge in [-0.05, 0) is 42.1 Å². The molecule has 0 aliphatic rings. The molecule has 5 heteroatoms. The van der Waals surface area contributed by atoms with Crippen LogP contribution in [-0.4, -0.2) is 16.3 Å². The zero-order valence-electron chi connectivity index (χ0n) is 10.0. The molecular formula is C12H16IN3O. The molecule has 0 aliphatic carbocycles. The second-order valence-corrected chi connectivity index (χ2v) is 5.18. The Bertz CT molecular complexity index is 490. The summed E-state index contributed by atoms with van der Waals surface area (Å²) in [6.07, 6.45) is 3.85. The second-order valence-electron chi connectivity index (χ2n) is 3.93. The summed E-state index contributed by atoms with van der Waals surface area (Å²) in [6.45, 7) is 6.63. The van der Waals surface area contributed by atoms with Crippen molar-refractivity contribution >= 4 is 22.6 Å². The first kappa shape index (κ1) is 12.6. The maximum absolute atomic E-state index is 5.72. The predicted octanol–water partition coefficient (Wildman–Crippen LogP) is 2.55. The monoisotopic (exact) mass is 345 g/mol. The molecule has 0 saturated carbocycles. The molecule has 2 aromatic heterocycles. The molecule has 2 rings (SSSR count). The zero-order valence-corrected chi connectivity index (χ0v) is 12.2. The number of furan rings is 1. The average molecular weight is 345 g/mol. The van der Waals surface area contributed by atoms with Gasteiger partial charge in [0.25, 0.3) is 0 Å². The maximum Gasteiger partial charge on any atom is 0.125 e. The van der Waals surface area contributed by atoms with Crippen molar-refractivity contribution in [3.8, 4) is 0 Å². The normalized spacial score (nSPS) is 11.0. The number of aromatic nitrogens is 2. The molecule has 0 aromatic carbocycles. The number of nitrogens with zero attached hydrogens (tertiary/aromatic N) is 2. The molecule has 0 fully saturated rings. The summed E-state index contributed by atoms with van der Waals surface area (Å²) in [5.41, 5.74) is 1.23. The van der Waals surface area contributed by atoms with Crippen molar-refractivity contribution in [3.05, 3.63) is 39.1 Å². The summed E-state index contributed by atoms with van der Waals surface area (Å²) in [5.74, 6) is 1.94. The van der Waals surface area contributed by atoms with E-state index in [0.717, 1.165) is 28.2 Å². The topological polar surface area (TPSA) is 43.0 Å². The minimum atomic E-state index is 0.690. The largest absolute Gasteiger partial charge is 0.464 e. The van der Waals surface area contributed by atoms with Crippen LogP contribution in [0.2, 0.25) is 0 Å². The van der Waals surface area contributed by atoms with Crippen LogP contribution >= 0.6 is 22.6 Å². The van der Waals surface area contributed by atoms with Gasteiger partial charge >= 0.3 is 0 Å². The van der Waals surface area contributed by atoms with Crippen LogP contribution in [0.5, 0.6) is 0 Å². The van der Waals surface area contributed by atoms with Crippen molar-refractivity contribution in [2.24, 2.45) is 0 Å². The molecule has 2 aromatic rings. The quantitative estimate of drug-likeness (QED) is 0.847. The first-order chi connectivity index (χ1) is 8.19. The van der Waals surface area contributed by atoms with E-state index in [-0.39, 0.29) is 0 Å². The van der Waals surface area contributed by atoms with Crippen LogP contribution in [0.3, 0.4) is 0 Å². The smallest absolute Gasteiger partial charge is 0.125 e. The fraction of sp³-hybridized carbons (Fsp3) is 0.417. The number of rotatable bonds is 5. The van der Waals surface area contributed by atoms with E-state index >= 15 is 0 Å². The number of hydrogen-bond donors (Lipinski definition) is 1. The van der Waals surface area contributed by atoms with E-state index in [1.807, 2.05) is 24.0 Å². The van der Waals surface area contributed by atoms with Gasteiger partial charge in [0.05, 0.1) is 16.3 Å². The lowest BCUT2D eigenvalue weighted by Crippen LogP contribution is -2.11. The van der Waals surface area contributed by atoms with Gasteiger partial charge in [-0.25, -0.2) is 0 Å². The van der Waals surface area contributed by atoms with Crippen molar-refractivity contribution in [1.29, 1.82) is 0 Å². The molecule has 4 nitrogen and oxygen atoms in total. The van der Waals surface area contributed by atoms with E-state index in [0.29, 0.717) is 6.54 Å². The third kappa shape index (κ3) is 3.32. The Hall–Kier alpha value is -0.820. The van der Waals surface area contributed by atoms with Crippen LogP contribution in [0.4, 0.5) is 0 Å². The van der Waals surface area contributed by atoms with Crippen LogP contribution in [0.15, 0.2) is 22.9 Å². The molecule has 17 heavy (non-hydrogen) atoms. The minimum Gasteiger partial charge on any atom is -0.464 e. The van der Waals surface area contributed by atoms with Gasteiger partial charge in [0.15, 0.2) is 0 Å². The molecule has 2 heterocycles. The highest BCUT2D eigenvalue weighted by atomic mass is 127. The summed E-state index contributed by atoms with van der Waals surface area (Å²) in [7, 11) is 0. The van der Waals surface area contributed by atoms with Crippen LogP contribution in [0.25, 0.3) is 0 Å². The molecule has 92 valence electrons. The van der Waals surface area contributed by atoms with Gasteiger partial charge in [-0.15, -0.1) is 0 Å². The van der Waals surface area contributed by atoms with E-state index in [4.69, 9.17) is 4.42 Å². The summed E-state index contributed by atoms with van der Waals surface area (Å²) < 4.78 is 8.75. The van der Waals surface area contributed by atoms with E-state index in [9.17, 15) is 0 Å². The first-order valence-electron chi connectivity index (χ1n) is 5.66. The third-order valence-electron chi connectivity index (χ3n) is 2.56. The Balaban J connectivity index is 2.06. The Labute approximate surface area is 115 Å². The van der Waals surface area contributed by atoms with Crippen molar-refractivity contribution in [2.75, 3.05) is 6.54 Å². The number of nitrogens with one attached hydrogen (secondary N) is 1. The molecule has 0 aliphatic heterocycles. The lowest BCUT2D eigenvalue weighted by Gasteiger charge is -1.97. The highest BCUT2D eigenvalue weighted by molar-refractivity contribution is 14.1. The van der Waals surface area contributed by atoms with Gasteiger partial charge in [-0.1, -0.05) is 6.92 Å². The van der Waals surface area contributed by atoms with Crippen molar-refractivity contribution in [3.63, 3.8) is 0 Å². The fourth-order valence-electron chi connectivity index (χ4n) is 1.69. The molecule has 0 spiro atoms. The highest BCUT2D eigenvalue weighted by Crippen LogP contribution is 2.15. The van der Waals surface area contributed by atoms with Crippen LogP contribution in [0, 0.1) is 10.5 Å². The van der Waals surface area contributed by atoms with Gasteiger partial charge in [-0.3, -0.25) is 4.68 Å². The van der Waals surface area contributed by atoms with Gasteiger partial charge in [0.1, 0.15) is 11.5 Å². The zero-order chi connectivity index (χ0) is 12.3. The summed E-state index contributed by atoms with van der Waals surface area (Å²) in [5, 5.41) is 7.55. The van der Waals surface area contributed by atoms with Crippen molar-refractivity contribution < 1.29 is 4.42 Å². The molecule has 1 N–H and O–H groups in total. The maximum atomic E-state index is 5.72. The Morgan fingerprint density at radius 1 is 1.53 bits per heavy atom. The predicted molar refractivity (Wildman–Crippen MR) is 74.9 cm³/mol. The third-order valence-corrected chi connectivity index (χ3v) is 3.11. The molecule has 0 amide bonds. The Kier molecular flexibility index (Phi) is 4.22. The van der Waals surface area contributed by atoms with Crippen molar-refractivity contribution in [1.82, 2.24) is 15.1 Å². The van der Waals surface area contributed by atoms with Crippen LogP contribution < -0.4 is 5.32 Å². The second kappa shape index (κ2) is 5.68. The number of aryl methyl sites for hydroxylation is 1. The van der Waals surface area contributed by atoms with Crippen molar-refractivity contribution in [2.45, 2.75) is 26.9 Å². The first-order valence-corrected chi connectivity index (χ1v) is 6.73. The summed E-state index contributed by atoms with van der Waals surface area (Å²) >= 11 is 2.25. The van der Waals surface area contributed by atoms with E-state index in [1.54, 1.807) is 0 Å². The fourth-order valence-corrected chi connectivity index (χ4v) is 2.13. The molecule has 0 atom stereocenters. The SMILES string of the molecule is CCNCc1cc(Cn2cc(I)cn2)oc1C. The van der Waals surface area contributed by atoms with E-state index in [2.05, 4.69) is 46.0 Å². The van der Waals surface area contributed by atoms with Crippen LogP contribution in [-0.2, 0) is 13.1 Å². The highest BCUT2D eigenvalue weighted by Gasteiger charge is 2.07. The Morgan fingerprint density at radius 3 is 3.00 bits per heavy atom. The minimum absolute atomic E-state index is 0.690. The van der Waals surface area contributed by atoms with Gasteiger partial charge in [0.2, 0.25) is 0 Å². The summed E-state index contributed by atoms with van der Waals surface area (Å²) in [6, 6.07) is 2.10. The van der Waals surface area contributed by atoms with Gasteiger partial charge in [0, 0.05) is 18.3 Å². The van der Waals surface area contributed by atoms with E-state index < -0.39 is 0 Å². The number of hydrogen-bond acceptors (Lipinski definition) is 3. The van der Waals surface area contributed by atoms with Gasteiger partial charge in [-0.2, -0.15) is 5.10 Å². The lowest BCUT2D eigenvalue weighted by atomic mass is 10.2. The molecular weight excluding hydrogens is 329 g/mol. The van der Waals surface area contributed by atoms with Gasteiger partial charge < -0.3 is 9.73 Å². The molecule has 0 saturated heterocycles. The summed E-state index contributed by atoms with van der Waals surface area (Å²) in [4.78, 5) is 0. The van der Waals surface area contributed by atoms with Crippen LogP contribution in [0.1, 0.15) is 24.0 Å². The number of halogens is 1. The standard InChI is InChI=1S/C12H16IN3O/c1-3-14-5-10-4-12(17-9(10)2)8-16-7-11(13)6-15-16/h4,6-7,14H,3,5,8H2,1-2H3. The Morgan fingerprint density at radius 2 is 2.35 bits per heavy atom. The molecule has 0 bridgehead atoms. The van der Waals surface area contributed by atoms with E-state index in [1.165, 1.54) is 5.56 Å². The average Bonchev–Trinajstić information content (AvgIpc) is 2.83. The lowest BCUT2D eigenvalue weighted by molar-refractivity contribution is 0.456. The molecule has 0 radical (unpaired) electrons. The molecule has 0 unspecified atom stereocenters.